The lowest BCUT2D eigenvalue weighted by atomic mass is 9.94. The summed E-state index contributed by atoms with van der Waals surface area (Å²) in [6.45, 7) is 8.57. The van der Waals surface area contributed by atoms with Gasteiger partial charge in [-0.15, -0.1) is 0 Å². The SMILES string of the molecule is CCCCCc1c(CCCCC)c2oc(=O)c(CCCC)c(CCCC)c2oc1=O. The van der Waals surface area contributed by atoms with E-state index in [9.17, 15) is 9.59 Å². The molecule has 0 aliphatic carbocycles. The van der Waals surface area contributed by atoms with E-state index in [1.54, 1.807) is 0 Å². The molecule has 2 heterocycles. The molecule has 0 amide bonds. The van der Waals surface area contributed by atoms with Crippen LogP contribution in [-0.2, 0) is 25.7 Å². The largest absolute Gasteiger partial charge is 0.419 e. The Morgan fingerprint density at radius 3 is 1.20 bits per heavy atom. The van der Waals surface area contributed by atoms with Gasteiger partial charge in [-0.05, 0) is 51.4 Å². The van der Waals surface area contributed by atoms with Crippen molar-refractivity contribution in [1.82, 2.24) is 0 Å². The number of fused-ring (bicyclic) bond motifs is 1. The van der Waals surface area contributed by atoms with Crippen LogP contribution in [0.25, 0.3) is 11.2 Å². The van der Waals surface area contributed by atoms with Gasteiger partial charge < -0.3 is 8.83 Å². The fraction of sp³-hybridized carbons (Fsp3) is 0.692. The van der Waals surface area contributed by atoms with E-state index in [1.165, 1.54) is 0 Å². The molecular weight excluding hydrogens is 376 g/mol. The van der Waals surface area contributed by atoms with E-state index in [0.717, 1.165) is 93.7 Å². The molecule has 4 nitrogen and oxygen atoms in total. The van der Waals surface area contributed by atoms with Crippen molar-refractivity contribution in [2.45, 2.75) is 118 Å². The number of hydrogen-bond acceptors (Lipinski definition) is 4. The third kappa shape index (κ3) is 6.09. The van der Waals surface area contributed by atoms with E-state index in [2.05, 4.69) is 27.7 Å². The van der Waals surface area contributed by atoms with Gasteiger partial charge in [0.15, 0.2) is 11.2 Å². The van der Waals surface area contributed by atoms with Crippen molar-refractivity contribution < 1.29 is 8.83 Å². The van der Waals surface area contributed by atoms with Crippen molar-refractivity contribution in [1.29, 1.82) is 0 Å². The molecule has 0 aliphatic heterocycles. The lowest BCUT2D eigenvalue weighted by Crippen LogP contribution is -2.18. The maximum Gasteiger partial charge on any atom is 0.339 e. The lowest BCUT2D eigenvalue weighted by molar-refractivity contribution is 0.486. The van der Waals surface area contributed by atoms with Crippen molar-refractivity contribution in [2.24, 2.45) is 0 Å². The monoisotopic (exact) mass is 416 g/mol. The van der Waals surface area contributed by atoms with Crippen LogP contribution in [0.2, 0.25) is 0 Å². The number of aryl methyl sites for hydroxylation is 2. The van der Waals surface area contributed by atoms with Gasteiger partial charge in [-0.25, -0.2) is 9.59 Å². The fourth-order valence-corrected chi connectivity index (χ4v) is 4.16. The first-order valence-electron chi connectivity index (χ1n) is 12.2. The van der Waals surface area contributed by atoms with Crippen LogP contribution in [0.15, 0.2) is 18.4 Å². The van der Waals surface area contributed by atoms with Crippen LogP contribution in [0.4, 0.5) is 0 Å². The van der Waals surface area contributed by atoms with Crippen LogP contribution in [-0.4, -0.2) is 0 Å². The molecular formula is C26H40O4. The Balaban J connectivity index is 2.70. The van der Waals surface area contributed by atoms with Crippen molar-refractivity contribution in [3.63, 3.8) is 0 Å². The molecule has 0 radical (unpaired) electrons. The molecule has 2 aromatic heterocycles. The van der Waals surface area contributed by atoms with Gasteiger partial charge in [0.1, 0.15) is 0 Å². The third-order valence-electron chi connectivity index (χ3n) is 5.99. The first kappa shape index (κ1) is 24.4. The van der Waals surface area contributed by atoms with Crippen molar-refractivity contribution >= 4 is 11.2 Å². The minimum absolute atomic E-state index is 0.238. The molecule has 0 spiro atoms. The summed E-state index contributed by atoms with van der Waals surface area (Å²) in [6.07, 6.45) is 13.1. The predicted octanol–water partition coefficient (Wildman–Crippen LogP) is 6.90. The van der Waals surface area contributed by atoms with Crippen molar-refractivity contribution in [3.05, 3.63) is 43.1 Å². The molecule has 0 N–H and O–H groups in total. The van der Waals surface area contributed by atoms with Gasteiger partial charge in [0, 0.05) is 22.3 Å². The van der Waals surface area contributed by atoms with E-state index in [0.29, 0.717) is 29.6 Å². The number of rotatable bonds is 14. The predicted molar refractivity (Wildman–Crippen MR) is 125 cm³/mol. The van der Waals surface area contributed by atoms with E-state index in [-0.39, 0.29) is 11.3 Å². The van der Waals surface area contributed by atoms with E-state index in [1.807, 2.05) is 0 Å². The maximum absolute atomic E-state index is 13.0. The van der Waals surface area contributed by atoms with Crippen LogP contribution in [0.5, 0.6) is 0 Å². The molecule has 0 bridgehead atoms. The van der Waals surface area contributed by atoms with Gasteiger partial charge in [-0.2, -0.15) is 0 Å². The Morgan fingerprint density at radius 2 is 0.800 bits per heavy atom. The molecule has 168 valence electrons. The summed E-state index contributed by atoms with van der Waals surface area (Å²) in [4.78, 5) is 26.0. The van der Waals surface area contributed by atoms with Gasteiger partial charge in [-0.1, -0.05) is 66.2 Å². The average Bonchev–Trinajstić information content (AvgIpc) is 2.73. The topological polar surface area (TPSA) is 60.4 Å². The molecule has 0 aromatic carbocycles. The summed E-state index contributed by atoms with van der Waals surface area (Å²) in [7, 11) is 0. The Kier molecular flexibility index (Phi) is 10.4. The van der Waals surface area contributed by atoms with Crippen LogP contribution in [0.1, 0.15) is 114 Å². The molecule has 0 fully saturated rings. The number of hydrogen-bond donors (Lipinski definition) is 0. The maximum atomic E-state index is 13.0. The first-order valence-corrected chi connectivity index (χ1v) is 12.2. The molecule has 30 heavy (non-hydrogen) atoms. The molecule has 0 saturated carbocycles. The van der Waals surface area contributed by atoms with E-state index in [4.69, 9.17) is 8.83 Å². The van der Waals surface area contributed by atoms with E-state index < -0.39 is 0 Å². The van der Waals surface area contributed by atoms with Gasteiger partial charge in [0.2, 0.25) is 0 Å². The molecule has 4 heteroatoms. The molecule has 2 aromatic rings. The van der Waals surface area contributed by atoms with Crippen molar-refractivity contribution in [3.8, 4) is 0 Å². The average molecular weight is 417 g/mol. The second kappa shape index (κ2) is 12.8. The van der Waals surface area contributed by atoms with Crippen LogP contribution in [0, 0.1) is 0 Å². The van der Waals surface area contributed by atoms with Crippen molar-refractivity contribution in [2.75, 3.05) is 0 Å². The summed E-state index contributed by atoms with van der Waals surface area (Å²) < 4.78 is 11.8. The molecule has 0 atom stereocenters. The molecule has 0 unspecified atom stereocenters. The smallest absolute Gasteiger partial charge is 0.339 e. The summed E-state index contributed by atoms with van der Waals surface area (Å²) in [5, 5.41) is 0. The summed E-state index contributed by atoms with van der Waals surface area (Å²) >= 11 is 0. The van der Waals surface area contributed by atoms with Gasteiger partial charge in [0.25, 0.3) is 0 Å². The summed E-state index contributed by atoms with van der Waals surface area (Å²) in [5.41, 5.74) is 3.84. The van der Waals surface area contributed by atoms with Crippen LogP contribution >= 0.6 is 0 Å². The second-order valence-electron chi connectivity index (χ2n) is 8.47. The van der Waals surface area contributed by atoms with Gasteiger partial charge in [-0.3, -0.25) is 0 Å². The zero-order valence-corrected chi connectivity index (χ0v) is 19.5. The Morgan fingerprint density at radius 1 is 0.467 bits per heavy atom. The molecule has 0 saturated heterocycles. The lowest BCUT2D eigenvalue weighted by Gasteiger charge is -2.15. The first-order chi connectivity index (χ1) is 14.6. The summed E-state index contributed by atoms with van der Waals surface area (Å²) in [6, 6.07) is 0. The third-order valence-corrected chi connectivity index (χ3v) is 5.99. The number of unbranched alkanes of at least 4 members (excludes halogenated alkanes) is 6. The van der Waals surface area contributed by atoms with E-state index >= 15 is 0 Å². The highest BCUT2D eigenvalue weighted by Gasteiger charge is 2.22. The standard InChI is InChI=1S/C26H40O4/c1-5-9-13-17-20-22(18-14-10-6-2)26(28)29-23-19(15-11-7-3)21(16-12-8-4)25(27)30-24(20)23/h5-18H2,1-4H3. The molecule has 2 rings (SSSR count). The minimum Gasteiger partial charge on any atom is -0.419 e. The van der Waals surface area contributed by atoms with Gasteiger partial charge >= 0.3 is 11.3 Å². The summed E-state index contributed by atoms with van der Waals surface area (Å²) in [5.74, 6) is 0. The highest BCUT2D eigenvalue weighted by atomic mass is 16.4. The normalized spacial score (nSPS) is 11.5. The highest BCUT2D eigenvalue weighted by Crippen LogP contribution is 2.28. The Bertz CT molecular complexity index is 904. The Hall–Kier alpha value is -1.84. The minimum atomic E-state index is -0.243. The van der Waals surface area contributed by atoms with Crippen LogP contribution < -0.4 is 11.3 Å². The highest BCUT2D eigenvalue weighted by molar-refractivity contribution is 5.79. The zero-order chi connectivity index (χ0) is 21.9. The molecule has 0 aliphatic rings. The second-order valence-corrected chi connectivity index (χ2v) is 8.47. The fourth-order valence-electron chi connectivity index (χ4n) is 4.16. The Labute approximate surface area is 181 Å². The zero-order valence-electron chi connectivity index (χ0n) is 19.5. The van der Waals surface area contributed by atoms with Gasteiger partial charge in [0.05, 0.1) is 0 Å². The van der Waals surface area contributed by atoms with Crippen LogP contribution in [0.3, 0.4) is 0 Å². The quantitative estimate of drug-likeness (QED) is 0.314.